The molecule has 1 aliphatic rings. The maximum atomic E-state index is 13.1. The standard InChI is InChI=1S/C15H17FN8/c1-11-5-20-21-24(11)8-13-14-9-22(3-2-4-23(14)10-19-13)15-17-6-12(16)7-18-15/h5-7,10H,2-4,8-9H2,1H3. The molecule has 3 aromatic rings. The van der Waals surface area contributed by atoms with Crippen molar-refractivity contribution in [2.24, 2.45) is 0 Å². The Morgan fingerprint density at radius 2 is 1.96 bits per heavy atom. The molecule has 0 spiro atoms. The number of hydrogen-bond acceptors (Lipinski definition) is 6. The molecule has 4 heterocycles. The van der Waals surface area contributed by atoms with Gasteiger partial charge in [0.25, 0.3) is 0 Å². The Balaban J connectivity index is 1.63. The molecular weight excluding hydrogens is 311 g/mol. The van der Waals surface area contributed by atoms with E-state index in [1.54, 1.807) is 6.20 Å². The normalized spacial score (nSPS) is 14.5. The number of anilines is 1. The fourth-order valence-corrected chi connectivity index (χ4v) is 2.89. The highest BCUT2D eigenvalue weighted by Crippen LogP contribution is 2.20. The van der Waals surface area contributed by atoms with E-state index in [1.807, 2.05) is 17.9 Å². The zero-order chi connectivity index (χ0) is 16.5. The molecule has 0 radical (unpaired) electrons. The van der Waals surface area contributed by atoms with E-state index in [4.69, 9.17) is 0 Å². The van der Waals surface area contributed by atoms with E-state index >= 15 is 0 Å². The van der Waals surface area contributed by atoms with Crippen molar-refractivity contribution in [2.75, 3.05) is 11.4 Å². The van der Waals surface area contributed by atoms with E-state index < -0.39 is 5.82 Å². The number of rotatable bonds is 3. The van der Waals surface area contributed by atoms with Crippen molar-refractivity contribution < 1.29 is 4.39 Å². The summed E-state index contributed by atoms with van der Waals surface area (Å²) in [6, 6.07) is 0. The fourth-order valence-electron chi connectivity index (χ4n) is 2.89. The van der Waals surface area contributed by atoms with E-state index in [0.717, 1.165) is 36.6 Å². The van der Waals surface area contributed by atoms with Crippen LogP contribution in [0.1, 0.15) is 23.5 Å². The van der Waals surface area contributed by atoms with Crippen molar-refractivity contribution in [3.63, 3.8) is 0 Å². The highest BCUT2D eigenvalue weighted by Gasteiger charge is 2.21. The molecule has 0 unspecified atom stereocenters. The second-order valence-corrected chi connectivity index (χ2v) is 5.84. The Hall–Kier alpha value is -2.84. The topological polar surface area (TPSA) is 77.5 Å². The van der Waals surface area contributed by atoms with Gasteiger partial charge in [-0.2, -0.15) is 0 Å². The van der Waals surface area contributed by atoms with E-state index in [2.05, 4.69) is 34.7 Å². The fraction of sp³-hybridized carbons (Fsp3) is 0.400. The second-order valence-electron chi connectivity index (χ2n) is 5.84. The third kappa shape index (κ3) is 2.72. The van der Waals surface area contributed by atoms with Crippen LogP contribution in [0.5, 0.6) is 0 Å². The van der Waals surface area contributed by atoms with Gasteiger partial charge in [0.05, 0.1) is 55.1 Å². The van der Waals surface area contributed by atoms with Gasteiger partial charge < -0.3 is 9.47 Å². The summed E-state index contributed by atoms with van der Waals surface area (Å²) in [6.45, 7) is 4.87. The van der Waals surface area contributed by atoms with Gasteiger partial charge in [-0.1, -0.05) is 5.21 Å². The summed E-state index contributed by atoms with van der Waals surface area (Å²) in [5, 5.41) is 8.00. The first-order valence-electron chi connectivity index (χ1n) is 7.81. The predicted octanol–water partition coefficient (Wildman–Crippen LogP) is 1.17. The first-order valence-corrected chi connectivity index (χ1v) is 7.81. The lowest BCUT2D eigenvalue weighted by molar-refractivity contribution is 0.608. The minimum atomic E-state index is -0.430. The molecule has 24 heavy (non-hydrogen) atoms. The van der Waals surface area contributed by atoms with Gasteiger partial charge in [-0.3, -0.25) is 0 Å². The summed E-state index contributed by atoms with van der Waals surface area (Å²) in [6.07, 6.45) is 6.94. The van der Waals surface area contributed by atoms with Crippen molar-refractivity contribution in [1.29, 1.82) is 0 Å². The Labute approximate surface area is 138 Å². The average Bonchev–Trinajstić information content (AvgIpc) is 3.08. The first-order chi connectivity index (χ1) is 11.7. The maximum absolute atomic E-state index is 13.1. The molecule has 1 aliphatic heterocycles. The van der Waals surface area contributed by atoms with Crippen molar-refractivity contribution in [1.82, 2.24) is 34.5 Å². The van der Waals surface area contributed by atoms with Crippen LogP contribution >= 0.6 is 0 Å². The van der Waals surface area contributed by atoms with Gasteiger partial charge >= 0.3 is 0 Å². The second kappa shape index (κ2) is 5.99. The van der Waals surface area contributed by atoms with Gasteiger partial charge in [0.2, 0.25) is 5.95 Å². The van der Waals surface area contributed by atoms with Crippen LogP contribution in [0.2, 0.25) is 0 Å². The van der Waals surface area contributed by atoms with Crippen molar-refractivity contribution >= 4 is 5.95 Å². The number of halogens is 1. The summed E-state index contributed by atoms with van der Waals surface area (Å²) in [4.78, 5) is 14.8. The van der Waals surface area contributed by atoms with Crippen molar-refractivity contribution in [2.45, 2.75) is 33.0 Å². The van der Waals surface area contributed by atoms with E-state index in [0.29, 0.717) is 19.0 Å². The molecule has 0 bridgehead atoms. The highest BCUT2D eigenvalue weighted by molar-refractivity contribution is 5.32. The molecule has 0 fully saturated rings. The molecule has 4 rings (SSSR count). The van der Waals surface area contributed by atoms with E-state index in [9.17, 15) is 4.39 Å². The molecule has 0 saturated heterocycles. The predicted molar refractivity (Wildman–Crippen MR) is 83.7 cm³/mol. The average molecular weight is 328 g/mol. The molecule has 8 nitrogen and oxygen atoms in total. The van der Waals surface area contributed by atoms with Crippen LogP contribution in [-0.4, -0.2) is 41.1 Å². The molecule has 0 saturated carbocycles. The maximum Gasteiger partial charge on any atom is 0.225 e. The molecular formula is C15H17FN8. The smallest absolute Gasteiger partial charge is 0.225 e. The SMILES string of the molecule is Cc1cnnn1Cc1ncn2c1CN(c1ncc(F)cn1)CCC2. The van der Waals surface area contributed by atoms with Crippen LogP contribution < -0.4 is 4.90 Å². The lowest BCUT2D eigenvalue weighted by Crippen LogP contribution is -2.25. The molecule has 0 amide bonds. The largest absolute Gasteiger partial charge is 0.335 e. The minimum Gasteiger partial charge on any atom is -0.335 e. The van der Waals surface area contributed by atoms with Gasteiger partial charge in [-0.05, 0) is 13.3 Å². The van der Waals surface area contributed by atoms with Crippen molar-refractivity contribution in [3.8, 4) is 0 Å². The van der Waals surface area contributed by atoms with E-state index in [-0.39, 0.29) is 0 Å². The summed E-state index contributed by atoms with van der Waals surface area (Å²) in [5.74, 6) is 0.106. The summed E-state index contributed by atoms with van der Waals surface area (Å²) in [7, 11) is 0. The van der Waals surface area contributed by atoms with Gasteiger partial charge in [0.1, 0.15) is 0 Å². The Morgan fingerprint density at radius 3 is 2.71 bits per heavy atom. The number of hydrogen-bond donors (Lipinski definition) is 0. The van der Waals surface area contributed by atoms with Crippen LogP contribution in [0.3, 0.4) is 0 Å². The van der Waals surface area contributed by atoms with Crippen LogP contribution in [0.25, 0.3) is 0 Å². The zero-order valence-corrected chi connectivity index (χ0v) is 13.3. The molecule has 9 heteroatoms. The van der Waals surface area contributed by atoms with E-state index in [1.165, 1.54) is 12.4 Å². The summed E-state index contributed by atoms with van der Waals surface area (Å²) < 4.78 is 17.0. The zero-order valence-electron chi connectivity index (χ0n) is 13.3. The Kier molecular flexibility index (Phi) is 3.68. The number of fused-ring (bicyclic) bond motifs is 1. The van der Waals surface area contributed by atoms with Gasteiger partial charge in [0, 0.05) is 13.1 Å². The van der Waals surface area contributed by atoms with Crippen LogP contribution in [0.4, 0.5) is 10.3 Å². The third-order valence-electron chi connectivity index (χ3n) is 4.20. The molecule has 3 aromatic heterocycles. The Bertz CT molecular complexity index is 838. The molecule has 0 atom stereocenters. The van der Waals surface area contributed by atoms with Crippen LogP contribution in [0.15, 0.2) is 24.9 Å². The molecule has 124 valence electrons. The number of aromatic nitrogens is 7. The monoisotopic (exact) mass is 328 g/mol. The van der Waals surface area contributed by atoms with Crippen molar-refractivity contribution in [3.05, 3.63) is 47.8 Å². The minimum absolute atomic E-state index is 0.430. The quantitative estimate of drug-likeness (QED) is 0.718. The number of imidazole rings is 1. The lowest BCUT2D eigenvalue weighted by Gasteiger charge is -2.20. The Morgan fingerprint density at radius 1 is 1.12 bits per heavy atom. The lowest BCUT2D eigenvalue weighted by atomic mass is 10.3. The third-order valence-corrected chi connectivity index (χ3v) is 4.20. The molecule has 0 aromatic carbocycles. The van der Waals surface area contributed by atoms with Crippen LogP contribution in [-0.2, 0) is 19.6 Å². The number of aryl methyl sites for hydroxylation is 2. The van der Waals surface area contributed by atoms with Crippen LogP contribution in [0, 0.1) is 12.7 Å². The summed E-state index contributed by atoms with van der Waals surface area (Å²) >= 11 is 0. The first kappa shape index (κ1) is 14.7. The van der Waals surface area contributed by atoms with Gasteiger partial charge in [-0.25, -0.2) is 24.0 Å². The highest BCUT2D eigenvalue weighted by atomic mass is 19.1. The summed E-state index contributed by atoms with van der Waals surface area (Å²) in [5.41, 5.74) is 3.05. The molecule has 0 N–H and O–H groups in total. The molecule has 0 aliphatic carbocycles. The number of nitrogens with zero attached hydrogens (tertiary/aromatic N) is 8. The van der Waals surface area contributed by atoms with Gasteiger partial charge in [0.15, 0.2) is 5.82 Å². The van der Waals surface area contributed by atoms with Gasteiger partial charge in [-0.15, -0.1) is 5.10 Å².